The highest BCUT2D eigenvalue weighted by atomic mass is 79.9. The second-order valence-electron chi connectivity index (χ2n) is 6.72. The van der Waals surface area contributed by atoms with Crippen LogP contribution in [0.2, 0.25) is 0 Å². The average Bonchev–Trinajstić information content (AvgIpc) is 3.18. The summed E-state index contributed by atoms with van der Waals surface area (Å²) >= 11 is 3.58. The lowest BCUT2D eigenvalue weighted by Gasteiger charge is -2.29. The van der Waals surface area contributed by atoms with Crippen LogP contribution in [-0.2, 0) is 16.4 Å². The molecule has 28 heavy (non-hydrogen) atoms. The van der Waals surface area contributed by atoms with E-state index in [2.05, 4.69) is 15.9 Å². The van der Waals surface area contributed by atoms with Gasteiger partial charge in [0, 0.05) is 24.0 Å². The van der Waals surface area contributed by atoms with E-state index in [0.29, 0.717) is 12.4 Å². The van der Waals surface area contributed by atoms with Crippen LogP contribution in [0.4, 0.5) is 0 Å². The van der Waals surface area contributed by atoms with Gasteiger partial charge in [0.05, 0.1) is 17.5 Å². The summed E-state index contributed by atoms with van der Waals surface area (Å²) in [7, 11) is -2.11. The highest BCUT2D eigenvalue weighted by Gasteiger charge is 2.32. The number of rotatable bonds is 5. The van der Waals surface area contributed by atoms with Crippen molar-refractivity contribution in [2.24, 2.45) is 0 Å². The first-order chi connectivity index (χ1) is 13.5. The lowest BCUT2D eigenvalue weighted by molar-refractivity contribution is 0.355. The van der Waals surface area contributed by atoms with Crippen LogP contribution in [0.3, 0.4) is 0 Å². The van der Waals surface area contributed by atoms with Crippen molar-refractivity contribution in [3.05, 3.63) is 94.0 Å². The van der Waals surface area contributed by atoms with E-state index in [-0.39, 0.29) is 4.90 Å². The Bertz CT molecular complexity index is 1100. The molecule has 3 aromatic rings. The van der Waals surface area contributed by atoms with E-state index in [9.17, 15) is 8.42 Å². The number of halogens is 1. The summed E-state index contributed by atoms with van der Waals surface area (Å²) in [5.74, 6) is 0.659. The molecule has 0 fully saturated rings. The van der Waals surface area contributed by atoms with Gasteiger partial charge in [-0.2, -0.15) is 4.31 Å². The Labute approximate surface area is 174 Å². The van der Waals surface area contributed by atoms with Crippen molar-refractivity contribution >= 4 is 26.0 Å². The van der Waals surface area contributed by atoms with Gasteiger partial charge in [0.15, 0.2) is 0 Å². The van der Waals surface area contributed by atoms with Gasteiger partial charge in [-0.05, 0) is 28.8 Å². The number of ether oxygens (including phenoxy) is 1. The summed E-state index contributed by atoms with van der Waals surface area (Å²) in [6, 6.07) is 22.0. The summed E-state index contributed by atoms with van der Waals surface area (Å²) in [6.07, 6.45) is 0.815. The van der Waals surface area contributed by atoms with Crippen LogP contribution < -0.4 is 4.74 Å². The molecule has 0 aromatic heterocycles. The predicted molar refractivity (Wildman–Crippen MR) is 113 cm³/mol. The highest BCUT2D eigenvalue weighted by Crippen LogP contribution is 2.37. The van der Waals surface area contributed by atoms with Crippen LogP contribution in [0.25, 0.3) is 0 Å². The summed E-state index contributed by atoms with van der Waals surface area (Å²) in [4.78, 5) is 0.239. The number of sulfonamides is 1. The molecule has 0 bridgehead atoms. The van der Waals surface area contributed by atoms with Crippen LogP contribution in [0.1, 0.15) is 22.7 Å². The molecule has 144 valence electrons. The number of benzene rings is 3. The maximum atomic E-state index is 13.5. The first-order valence-electron chi connectivity index (χ1n) is 9.01. The standard InChI is InChI=1S/C22H20BrNO3S/c1-24(28(25,26)18-12-11-16-13-14-27-21(16)15-18)22(17-7-3-2-4-8-17)19-9-5-6-10-20(19)23/h2-12,15,22H,13-14H2,1H3. The van der Waals surface area contributed by atoms with Crippen molar-refractivity contribution in [1.82, 2.24) is 4.31 Å². The van der Waals surface area contributed by atoms with E-state index < -0.39 is 16.1 Å². The van der Waals surface area contributed by atoms with Gasteiger partial charge in [0.25, 0.3) is 0 Å². The summed E-state index contributed by atoms with van der Waals surface area (Å²) in [5.41, 5.74) is 2.84. The molecule has 1 atom stereocenters. The van der Waals surface area contributed by atoms with E-state index in [1.165, 1.54) is 4.31 Å². The van der Waals surface area contributed by atoms with Crippen molar-refractivity contribution in [3.63, 3.8) is 0 Å². The molecular formula is C22H20BrNO3S. The fraction of sp³-hybridized carbons (Fsp3) is 0.182. The molecule has 1 heterocycles. The number of fused-ring (bicyclic) bond motifs is 1. The van der Waals surface area contributed by atoms with Gasteiger partial charge in [-0.25, -0.2) is 8.42 Å². The Kier molecular flexibility index (Phi) is 5.27. The summed E-state index contributed by atoms with van der Waals surface area (Å²) in [6.45, 7) is 0.596. The van der Waals surface area contributed by atoms with E-state index >= 15 is 0 Å². The topological polar surface area (TPSA) is 46.6 Å². The van der Waals surface area contributed by atoms with Crippen molar-refractivity contribution in [2.75, 3.05) is 13.7 Å². The minimum Gasteiger partial charge on any atom is -0.493 e. The molecule has 1 unspecified atom stereocenters. The molecule has 6 heteroatoms. The van der Waals surface area contributed by atoms with Gasteiger partial charge >= 0.3 is 0 Å². The third kappa shape index (κ3) is 3.48. The zero-order valence-electron chi connectivity index (χ0n) is 15.4. The normalized spacial score (nSPS) is 14.5. The van der Waals surface area contributed by atoms with E-state index in [1.807, 2.05) is 60.7 Å². The second-order valence-corrected chi connectivity index (χ2v) is 9.58. The van der Waals surface area contributed by atoms with Crippen LogP contribution in [0.5, 0.6) is 5.75 Å². The SMILES string of the molecule is CN(C(c1ccccc1)c1ccccc1Br)S(=O)(=O)c1ccc2c(c1)OCC2. The Morgan fingerprint density at radius 1 is 1.00 bits per heavy atom. The third-order valence-corrected chi connectivity index (χ3v) is 7.56. The highest BCUT2D eigenvalue weighted by molar-refractivity contribution is 9.10. The zero-order chi connectivity index (χ0) is 19.7. The zero-order valence-corrected chi connectivity index (χ0v) is 17.8. The molecule has 4 nitrogen and oxygen atoms in total. The second kappa shape index (κ2) is 7.70. The summed E-state index contributed by atoms with van der Waals surface area (Å²) in [5, 5.41) is 0. The lowest BCUT2D eigenvalue weighted by Crippen LogP contribution is -2.32. The Balaban J connectivity index is 1.81. The largest absolute Gasteiger partial charge is 0.493 e. The monoisotopic (exact) mass is 457 g/mol. The lowest BCUT2D eigenvalue weighted by atomic mass is 9.99. The van der Waals surface area contributed by atoms with Crippen molar-refractivity contribution in [2.45, 2.75) is 17.4 Å². The number of hydrogen-bond acceptors (Lipinski definition) is 3. The number of nitrogens with zero attached hydrogens (tertiary/aromatic N) is 1. The van der Waals surface area contributed by atoms with Crippen molar-refractivity contribution < 1.29 is 13.2 Å². The first-order valence-corrected chi connectivity index (χ1v) is 11.2. The minimum absolute atomic E-state index is 0.239. The number of hydrogen-bond donors (Lipinski definition) is 0. The predicted octanol–water partition coefficient (Wildman–Crippen LogP) is 4.79. The quantitative estimate of drug-likeness (QED) is 0.552. The maximum Gasteiger partial charge on any atom is 0.243 e. The van der Waals surface area contributed by atoms with Gasteiger partial charge in [-0.15, -0.1) is 0 Å². The van der Waals surface area contributed by atoms with E-state index in [1.54, 1.807) is 19.2 Å². The van der Waals surface area contributed by atoms with Crippen LogP contribution in [0.15, 0.2) is 82.2 Å². The van der Waals surface area contributed by atoms with Crippen molar-refractivity contribution in [3.8, 4) is 5.75 Å². The molecule has 0 N–H and O–H groups in total. The molecular weight excluding hydrogens is 438 g/mol. The van der Waals surface area contributed by atoms with E-state index in [0.717, 1.165) is 27.6 Å². The van der Waals surface area contributed by atoms with E-state index in [4.69, 9.17) is 4.74 Å². The van der Waals surface area contributed by atoms with Gasteiger partial charge in [-0.3, -0.25) is 0 Å². The molecule has 4 rings (SSSR count). The summed E-state index contributed by atoms with van der Waals surface area (Å²) < 4.78 is 34.8. The molecule has 1 aliphatic rings. The Morgan fingerprint density at radius 2 is 1.71 bits per heavy atom. The van der Waals surface area contributed by atoms with Crippen LogP contribution in [0, 0.1) is 0 Å². The fourth-order valence-electron chi connectivity index (χ4n) is 3.53. The van der Waals surface area contributed by atoms with Crippen molar-refractivity contribution in [1.29, 1.82) is 0 Å². The maximum absolute atomic E-state index is 13.5. The first kappa shape index (κ1) is 19.2. The molecule has 1 aliphatic heterocycles. The fourth-order valence-corrected chi connectivity index (χ4v) is 5.37. The average molecular weight is 458 g/mol. The van der Waals surface area contributed by atoms with Gasteiger partial charge in [-0.1, -0.05) is 70.5 Å². The minimum atomic E-state index is -3.74. The van der Waals surface area contributed by atoms with Crippen LogP contribution in [-0.4, -0.2) is 26.4 Å². The van der Waals surface area contributed by atoms with Gasteiger partial charge in [0.2, 0.25) is 10.0 Å². The third-order valence-electron chi connectivity index (χ3n) is 5.02. The molecule has 0 radical (unpaired) electrons. The Hall–Kier alpha value is -2.15. The molecule has 0 amide bonds. The Morgan fingerprint density at radius 3 is 2.46 bits per heavy atom. The molecule has 0 spiro atoms. The van der Waals surface area contributed by atoms with Crippen LogP contribution >= 0.6 is 15.9 Å². The smallest absolute Gasteiger partial charge is 0.243 e. The molecule has 0 saturated heterocycles. The van der Waals surface area contributed by atoms with Gasteiger partial charge < -0.3 is 4.74 Å². The van der Waals surface area contributed by atoms with Gasteiger partial charge in [0.1, 0.15) is 5.75 Å². The molecule has 0 aliphatic carbocycles. The molecule has 0 saturated carbocycles. The molecule has 3 aromatic carbocycles.